The first-order chi connectivity index (χ1) is 13.9. The van der Waals surface area contributed by atoms with Gasteiger partial charge in [-0.2, -0.15) is 0 Å². The number of rotatable bonds is 4. The summed E-state index contributed by atoms with van der Waals surface area (Å²) in [6, 6.07) is 13.0. The fourth-order valence-electron chi connectivity index (χ4n) is 4.92. The summed E-state index contributed by atoms with van der Waals surface area (Å²) in [5, 5.41) is 4.69. The molecule has 2 aliphatic heterocycles. The van der Waals surface area contributed by atoms with E-state index in [1.54, 1.807) is 30.3 Å². The largest absolute Gasteiger partial charge is 0.489 e. The van der Waals surface area contributed by atoms with Crippen LogP contribution in [0.3, 0.4) is 0 Å². The van der Waals surface area contributed by atoms with Crippen LogP contribution in [0.15, 0.2) is 52.3 Å². The number of benzene rings is 2. The summed E-state index contributed by atoms with van der Waals surface area (Å²) in [4.78, 5) is 0.596. The van der Waals surface area contributed by atoms with Crippen LogP contribution in [0.2, 0.25) is 0 Å². The van der Waals surface area contributed by atoms with Gasteiger partial charge in [0.05, 0.1) is 21.4 Å². The van der Waals surface area contributed by atoms with E-state index in [0.29, 0.717) is 21.6 Å². The second kappa shape index (κ2) is 7.59. The topological polar surface area (TPSA) is 60.3 Å². The van der Waals surface area contributed by atoms with Crippen LogP contribution in [0.4, 0.5) is 0 Å². The summed E-state index contributed by atoms with van der Waals surface area (Å²) in [5.41, 5.74) is 3.54. The van der Waals surface area contributed by atoms with Gasteiger partial charge in [-0.05, 0) is 50.5 Å². The maximum atomic E-state index is 13.4. The van der Waals surface area contributed by atoms with Crippen molar-refractivity contribution in [3.8, 4) is 5.75 Å². The smallest absolute Gasteiger partial charge is 0.206 e. The fraction of sp³-hybridized carbons (Fsp3) is 0.391. The van der Waals surface area contributed by atoms with E-state index in [-0.39, 0.29) is 24.6 Å². The van der Waals surface area contributed by atoms with Gasteiger partial charge in [0.2, 0.25) is 9.84 Å². The number of fused-ring (bicyclic) bond motifs is 6. The van der Waals surface area contributed by atoms with Crippen LogP contribution in [0.25, 0.3) is 10.9 Å². The van der Waals surface area contributed by atoms with Crippen molar-refractivity contribution in [3.05, 3.63) is 53.7 Å². The van der Waals surface area contributed by atoms with E-state index in [4.69, 9.17) is 4.74 Å². The molecule has 2 aliphatic rings. The first-order valence-electron chi connectivity index (χ1n) is 10.2. The molecular formula is C23H27ClN2O3S. The Kier molecular flexibility index (Phi) is 5.37. The second-order valence-corrected chi connectivity index (χ2v) is 10.4. The van der Waals surface area contributed by atoms with Gasteiger partial charge < -0.3 is 14.6 Å². The monoisotopic (exact) mass is 446 g/mol. The highest BCUT2D eigenvalue weighted by molar-refractivity contribution is 7.91. The van der Waals surface area contributed by atoms with Crippen LogP contribution >= 0.6 is 12.4 Å². The van der Waals surface area contributed by atoms with Gasteiger partial charge >= 0.3 is 0 Å². The van der Waals surface area contributed by atoms with Gasteiger partial charge in [0.1, 0.15) is 5.75 Å². The summed E-state index contributed by atoms with van der Waals surface area (Å²) in [7, 11) is -1.56. The maximum absolute atomic E-state index is 13.4. The van der Waals surface area contributed by atoms with Gasteiger partial charge in [0.15, 0.2) is 0 Å². The molecule has 2 unspecified atom stereocenters. The van der Waals surface area contributed by atoms with Crippen molar-refractivity contribution in [1.29, 1.82) is 0 Å². The second-order valence-electron chi connectivity index (χ2n) is 8.42. The number of sulfone groups is 1. The molecule has 1 N–H and O–H groups in total. The van der Waals surface area contributed by atoms with Gasteiger partial charge in [-0.25, -0.2) is 8.42 Å². The molecule has 1 saturated heterocycles. The quantitative estimate of drug-likeness (QED) is 0.637. The average Bonchev–Trinajstić information content (AvgIpc) is 3.21. The number of hydrogen-bond donors (Lipinski definition) is 1. The summed E-state index contributed by atoms with van der Waals surface area (Å²) >= 11 is 0. The molecule has 2 aromatic carbocycles. The molecule has 0 aliphatic carbocycles. The van der Waals surface area contributed by atoms with E-state index in [1.807, 2.05) is 26.0 Å². The highest BCUT2D eigenvalue weighted by atomic mass is 35.5. The average molecular weight is 447 g/mol. The molecule has 0 amide bonds. The van der Waals surface area contributed by atoms with Crippen molar-refractivity contribution in [3.63, 3.8) is 0 Å². The molecule has 5 rings (SSSR count). The van der Waals surface area contributed by atoms with Crippen molar-refractivity contribution in [2.75, 3.05) is 0 Å². The van der Waals surface area contributed by atoms with Crippen LogP contribution in [0.5, 0.6) is 5.75 Å². The van der Waals surface area contributed by atoms with Crippen LogP contribution in [0.1, 0.15) is 44.0 Å². The molecule has 2 atom stereocenters. The lowest BCUT2D eigenvalue weighted by Gasteiger charge is -2.23. The number of nitrogens with zero attached hydrogens (tertiary/aromatic N) is 1. The third kappa shape index (κ3) is 3.22. The number of halogens is 1. The van der Waals surface area contributed by atoms with Crippen LogP contribution in [-0.4, -0.2) is 25.1 Å². The molecule has 0 spiro atoms. The first-order valence-corrected chi connectivity index (χ1v) is 11.7. The lowest BCUT2D eigenvalue weighted by molar-refractivity contribution is 0.244. The predicted octanol–water partition coefficient (Wildman–Crippen LogP) is 4.57. The Labute approximate surface area is 183 Å². The minimum Gasteiger partial charge on any atom is -0.489 e. The van der Waals surface area contributed by atoms with Crippen molar-refractivity contribution in [2.45, 2.75) is 61.1 Å². The molecule has 0 saturated carbocycles. The minimum absolute atomic E-state index is 0. The fourth-order valence-corrected chi connectivity index (χ4v) is 6.24. The lowest BCUT2D eigenvalue weighted by Crippen LogP contribution is -2.32. The SMILES string of the molecule is CC(C)Oc1cc(S(=O)(=O)c2ccccc2)cc2c3c(n(C)c12)CC1CCC3N1.Cl. The van der Waals surface area contributed by atoms with E-state index in [1.165, 1.54) is 11.3 Å². The Morgan fingerprint density at radius 3 is 2.53 bits per heavy atom. The van der Waals surface area contributed by atoms with Gasteiger partial charge in [0.25, 0.3) is 0 Å². The molecule has 0 radical (unpaired) electrons. The minimum atomic E-state index is -3.63. The van der Waals surface area contributed by atoms with Gasteiger partial charge in [0, 0.05) is 42.7 Å². The Balaban J connectivity index is 0.00000218. The van der Waals surface area contributed by atoms with Crippen molar-refractivity contribution in [1.82, 2.24) is 9.88 Å². The van der Waals surface area contributed by atoms with E-state index in [2.05, 4.69) is 16.9 Å². The molecule has 2 bridgehead atoms. The van der Waals surface area contributed by atoms with Crippen LogP contribution in [-0.2, 0) is 23.3 Å². The molecular weight excluding hydrogens is 420 g/mol. The maximum Gasteiger partial charge on any atom is 0.206 e. The Hall–Kier alpha value is -2.02. The van der Waals surface area contributed by atoms with Crippen LogP contribution < -0.4 is 10.1 Å². The molecule has 7 heteroatoms. The van der Waals surface area contributed by atoms with Crippen LogP contribution in [0, 0.1) is 0 Å². The molecule has 1 aromatic heterocycles. The molecule has 30 heavy (non-hydrogen) atoms. The zero-order chi connectivity index (χ0) is 20.3. The Morgan fingerprint density at radius 2 is 1.83 bits per heavy atom. The van der Waals surface area contributed by atoms with Gasteiger partial charge in [-0.3, -0.25) is 0 Å². The predicted molar refractivity (Wildman–Crippen MR) is 120 cm³/mol. The van der Waals surface area contributed by atoms with E-state index >= 15 is 0 Å². The molecule has 3 aromatic rings. The summed E-state index contributed by atoms with van der Waals surface area (Å²) in [5.74, 6) is 0.639. The number of ether oxygens (including phenoxy) is 1. The Morgan fingerprint density at radius 1 is 1.10 bits per heavy atom. The third-order valence-electron chi connectivity index (χ3n) is 6.15. The number of aromatic nitrogens is 1. The highest BCUT2D eigenvalue weighted by Gasteiger charge is 2.37. The molecule has 5 nitrogen and oxygen atoms in total. The Bertz CT molecular complexity index is 1200. The number of nitrogens with one attached hydrogen (secondary N) is 1. The zero-order valence-electron chi connectivity index (χ0n) is 17.4. The number of hydrogen-bond acceptors (Lipinski definition) is 4. The van der Waals surface area contributed by atoms with Crippen molar-refractivity contribution >= 4 is 33.1 Å². The lowest BCUT2D eigenvalue weighted by atomic mass is 9.99. The molecule has 160 valence electrons. The van der Waals surface area contributed by atoms with E-state index in [0.717, 1.165) is 30.2 Å². The summed E-state index contributed by atoms with van der Waals surface area (Å²) in [6.07, 6.45) is 3.18. The first kappa shape index (κ1) is 21.2. The number of aryl methyl sites for hydroxylation is 1. The van der Waals surface area contributed by atoms with Crippen molar-refractivity contribution in [2.24, 2.45) is 7.05 Å². The molecule has 3 heterocycles. The standard InChI is InChI=1S/C23H26N2O3S.ClH/c1-14(2)28-21-13-17(29(26,27)16-7-5-4-6-8-16)12-18-22-19-10-9-15(24-19)11-20(22)25(3)23(18)21;/h4-8,12-15,19,24H,9-11H2,1-3H3;1H. The van der Waals surface area contributed by atoms with Gasteiger partial charge in [-0.1, -0.05) is 18.2 Å². The van der Waals surface area contributed by atoms with Gasteiger partial charge in [-0.15, -0.1) is 12.4 Å². The highest BCUT2D eigenvalue weighted by Crippen LogP contribution is 2.45. The summed E-state index contributed by atoms with van der Waals surface area (Å²) in [6.45, 7) is 3.94. The third-order valence-corrected chi connectivity index (χ3v) is 7.89. The van der Waals surface area contributed by atoms with Crippen molar-refractivity contribution < 1.29 is 13.2 Å². The zero-order valence-corrected chi connectivity index (χ0v) is 19.0. The van der Waals surface area contributed by atoms with E-state index < -0.39 is 9.84 Å². The normalized spacial score (nSPS) is 20.3. The summed E-state index contributed by atoms with van der Waals surface area (Å²) < 4.78 is 35.1. The molecule has 1 fully saturated rings. The van der Waals surface area contributed by atoms with E-state index in [9.17, 15) is 8.42 Å².